The highest BCUT2D eigenvalue weighted by Gasteiger charge is 2.31. The van der Waals surface area contributed by atoms with Crippen molar-refractivity contribution in [1.82, 2.24) is 4.31 Å². The minimum Gasteiger partial charge on any atom is -0.326 e. The summed E-state index contributed by atoms with van der Waals surface area (Å²) < 4.78 is 27.1. The standard InChI is InChI=1S/C17H26N2O3S/c1-4-5-17(20)18-15-6-8-16(9-7-15)23(21,22)19-11-13(2)10-14(3)12-19/h6-9,13-14H,4-5,10-12H2,1-3H3,(H,18,20)/t13-,14-/m0/s1. The zero-order valence-corrected chi connectivity index (χ0v) is 14.9. The van der Waals surface area contributed by atoms with Crippen LogP contribution in [0.1, 0.15) is 40.0 Å². The van der Waals surface area contributed by atoms with Crippen LogP contribution in [-0.2, 0) is 14.8 Å². The van der Waals surface area contributed by atoms with Crippen LogP contribution in [0.3, 0.4) is 0 Å². The highest BCUT2D eigenvalue weighted by Crippen LogP contribution is 2.27. The number of piperidine rings is 1. The summed E-state index contributed by atoms with van der Waals surface area (Å²) in [6.07, 6.45) is 2.31. The number of anilines is 1. The lowest BCUT2D eigenvalue weighted by molar-refractivity contribution is -0.116. The Morgan fingerprint density at radius 1 is 1.17 bits per heavy atom. The van der Waals surface area contributed by atoms with Crippen LogP contribution in [0.15, 0.2) is 29.2 Å². The second-order valence-electron chi connectivity index (χ2n) is 6.59. The molecule has 5 nitrogen and oxygen atoms in total. The van der Waals surface area contributed by atoms with Gasteiger partial charge >= 0.3 is 0 Å². The smallest absolute Gasteiger partial charge is 0.243 e. The highest BCUT2D eigenvalue weighted by atomic mass is 32.2. The Bertz CT molecular complexity index is 630. The first-order chi connectivity index (χ1) is 10.8. The number of hydrogen-bond donors (Lipinski definition) is 1. The second kappa shape index (κ2) is 7.45. The van der Waals surface area contributed by atoms with Crippen molar-refractivity contribution in [3.05, 3.63) is 24.3 Å². The molecule has 0 spiro atoms. The van der Waals surface area contributed by atoms with Crippen LogP contribution in [0.4, 0.5) is 5.69 Å². The topological polar surface area (TPSA) is 66.5 Å². The van der Waals surface area contributed by atoms with Crippen LogP contribution in [0.2, 0.25) is 0 Å². The average Bonchev–Trinajstić information content (AvgIpc) is 2.47. The minimum absolute atomic E-state index is 0.0539. The van der Waals surface area contributed by atoms with Crippen molar-refractivity contribution < 1.29 is 13.2 Å². The molecule has 1 aliphatic rings. The van der Waals surface area contributed by atoms with Crippen LogP contribution < -0.4 is 5.32 Å². The van der Waals surface area contributed by atoms with E-state index in [9.17, 15) is 13.2 Å². The molecule has 2 atom stereocenters. The third-order valence-corrected chi connectivity index (χ3v) is 5.93. The molecule has 6 heteroatoms. The molecular formula is C17H26N2O3S. The van der Waals surface area contributed by atoms with Crippen molar-refractivity contribution in [3.63, 3.8) is 0 Å². The van der Waals surface area contributed by atoms with E-state index in [0.717, 1.165) is 12.8 Å². The molecule has 0 bridgehead atoms. The molecule has 0 radical (unpaired) electrons. The number of amides is 1. The van der Waals surface area contributed by atoms with E-state index in [2.05, 4.69) is 19.2 Å². The predicted octanol–water partition coefficient (Wildman–Crippen LogP) is 3.09. The van der Waals surface area contributed by atoms with Crippen LogP contribution in [-0.4, -0.2) is 31.7 Å². The van der Waals surface area contributed by atoms with E-state index < -0.39 is 10.0 Å². The van der Waals surface area contributed by atoms with E-state index in [1.807, 2.05) is 6.92 Å². The van der Waals surface area contributed by atoms with Gasteiger partial charge in [0.25, 0.3) is 0 Å². The molecule has 1 fully saturated rings. The van der Waals surface area contributed by atoms with Crippen molar-refractivity contribution in [1.29, 1.82) is 0 Å². The average molecular weight is 338 g/mol. The lowest BCUT2D eigenvalue weighted by Crippen LogP contribution is -2.42. The number of benzene rings is 1. The molecule has 1 aromatic carbocycles. The molecule has 1 amide bonds. The van der Waals surface area contributed by atoms with Gasteiger partial charge in [-0.1, -0.05) is 20.8 Å². The van der Waals surface area contributed by atoms with Gasteiger partial charge in [-0.25, -0.2) is 8.42 Å². The fraction of sp³-hybridized carbons (Fsp3) is 0.588. The first kappa shape index (κ1) is 17.9. The minimum atomic E-state index is -3.46. The van der Waals surface area contributed by atoms with Crippen molar-refractivity contribution in [2.75, 3.05) is 18.4 Å². The summed E-state index contributed by atoms with van der Waals surface area (Å²) >= 11 is 0. The molecule has 0 aromatic heterocycles. The van der Waals surface area contributed by atoms with Crippen molar-refractivity contribution in [3.8, 4) is 0 Å². The summed E-state index contributed by atoms with van der Waals surface area (Å²) in [6, 6.07) is 6.44. The Morgan fingerprint density at radius 3 is 2.26 bits per heavy atom. The van der Waals surface area contributed by atoms with Crippen molar-refractivity contribution in [2.24, 2.45) is 11.8 Å². The Kier molecular flexibility index (Phi) is 5.81. The maximum Gasteiger partial charge on any atom is 0.243 e. The zero-order chi connectivity index (χ0) is 17.0. The third-order valence-electron chi connectivity index (χ3n) is 4.09. The Morgan fingerprint density at radius 2 is 1.74 bits per heavy atom. The molecule has 0 unspecified atom stereocenters. The molecule has 128 valence electrons. The van der Waals surface area contributed by atoms with Crippen molar-refractivity contribution in [2.45, 2.75) is 44.9 Å². The SMILES string of the molecule is CCCC(=O)Nc1ccc(S(=O)(=O)N2C[C@@H](C)C[C@H](C)C2)cc1. The fourth-order valence-electron chi connectivity index (χ4n) is 3.11. The maximum atomic E-state index is 12.8. The van der Waals surface area contributed by atoms with Gasteiger partial charge in [0, 0.05) is 25.2 Å². The molecule has 1 aliphatic heterocycles. The lowest BCUT2D eigenvalue weighted by Gasteiger charge is -2.34. The Labute approximate surface area is 139 Å². The molecule has 2 rings (SSSR count). The number of rotatable bonds is 5. The summed E-state index contributed by atoms with van der Waals surface area (Å²) in [5, 5.41) is 2.77. The predicted molar refractivity (Wildman–Crippen MR) is 91.7 cm³/mol. The van der Waals surface area contributed by atoms with Crippen molar-refractivity contribution >= 4 is 21.6 Å². The molecule has 0 aliphatic carbocycles. The monoisotopic (exact) mass is 338 g/mol. The Balaban J connectivity index is 2.12. The Hall–Kier alpha value is -1.40. The molecule has 23 heavy (non-hydrogen) atoms. The number of carbonyl (C=O) groups is 1. The van der Waals surface area contributed by atoms with Gasteiger partial charge in [-0.3, -0.25) is 4.79 Å². The molecule has 0 saturated carbocycles. The molecule has 1 heterocycles. The summed E-state index contributed by atoms with van der Waals surface area (Å²) in [6.45, 7) is 7.26. The van der Waals surface area contributed by atoms with Gasteiger partial charge in [0.05, 0.1) is 4.90 Å². The molecule has 1 N–H and O–H groups in total. The quantitative estimate of drug-likeness (QED) is 0.897. The van der Waals surface area contributed by atoms with Gasteiger partial charge in [-0.05, 0) is 48.9 Å². The molecular weight excluding hydrogens is 312 g/mol. The van der Waals surface area contributed by atoms with Gasteiger partial charge in [-0.2, -0.15) is 4.31 Å². The summed E-state index contributed by atoms with van der Waals surface area (Å²) in [4.78, 5) is 11.9. The summed E-state index contributed by atoms with van der Waals surface area (Å²) in [7, 11) is -3.46. The summed E-state index contributed by atoms with van der Waals surface area (Å²) in [5.74, 6) is 0.698. The third kappa shape index (κ3) is 4.54. The molecule has 1 aromatic rings. The van der Waals surface area contributed by atoms with Crippen LogP contribution >= 0.6 is 0 Å². The zero-order valence-electron chi connectivity index (χ0n) is 14.1. The van der Waals surface area contributed by atoms with Crippen LogP contribution in [0.5, 0.6) is 0 Å². The lowest BCUT2D eigenvalue weighted by atomic mass is 9.94. The van der Waals surface area contributed by atoms with Gasteiger partial charge in [-0.15, -0.1) is 0 Å². The van der Waals surface area contributed by atoms with E-state index in [1.54, 1.807) is 28.6 Å². The normalized spacial score (nSPS) is 22.7. The van der Waals surface area contributed by atoms with Gasteiger partial charge < -0.3 is 5.32 Å². The van der Waals surface area contributed by atoms with Gasteiger partial charge in [0.2, 0.25) is 15.9 Å². The van der Waals surface area contributed by atoms with E-state index in [0.29, 0.717) is 37.0 Å². The van der Waals surface area contributed by atoms with Gasteiger partial charge in [0.15, 0.2) is 0 Å². The highest BCUT2D eigenvalue weighted by molar-refractivity contribution is 7.89. The molecule has 1 saturated heterocycles. The van der Waals surface area contributed by atoms with Crippen LogP contribution in [0.25, 0.3) is 0 Å². The van der Waals surface area contributed by atoms with Crippen LogP contribution in [0, 0.1) is 11.8 Å². The number of sulfonamides is 1. The number of hydrogen-bond acceptors (Lipinski definition) is 3. The van der Waals surface area contributed by atoms with E-state index >= 15 is 0 Å². The number of carbonyl (C=O) groups excluding carboxylic acids is 1. The number of nitrogens with zero attached hydrogens (tertiary/aromatic N) is 1. The second-order valence-corrected chi connectivity index (χ2v) is 8.53. The maximum absolute atomic E-state index is 12.8. The fourth-order valence-corrected chi connectivity index (χ4v) is 4.79. The first-order valence-corrected chi connectivity index (χ1v) is 9.67. The van der Waals surface area contributed by atoms with E-state index in [4.69, 9.17) is 0 Å². The van der Waals surface area contributed by atoms with Gasteiger partial charge in [0.1, 0.15) is 0 Å². The van der Waals surface area contributed by atoms with E-state index in [-0.39, 0.29) is 10.8 Å². The first-order valence-electron chi connectivity index (χ1n) is 8.23. The largest absolute Gasteiger partial charge is 0.326 e. The van der Waals surface area contributed by atoms with E-state index in [1.165, 1.54) is 0 Å². The number of nitrogens with one attached hydrogen (secondary N) is 1. The summed E-state index contributed by atoms with van der Waals surface area (Å²) in [5.41, 5.74) is 0.628.